The Kier molecular flexibility index (Phi) is 16.6. The van der Waals surface area contributed by atoms with Gasteiger partial charge in [-0.05, 0) is 67.9 Å². The first kappa shape index (κ1) is 26.1. The van der Waals surface area contributed by atoms with E-state index < -0.39 is 23.1 Å². The number of hydrogen-bond donors (Lipinski definition) is 2. The fourth-order valence-electron chi connectivity index (χ4n) is 1.69. The van der Waals surface area contributed by atoms with Gasteiger partial charge in [0.1, 0.15) is 12.7 Å². The van der Waals surface area contributed by atoms with E-state index in [2.05, 4.69) is 57.5 Å². The molecule has 0 aliphatic rings. The number of terminal acetylenes is 1. The monoisotopic (exact) mass is 412 g/mol. The molecule has 0 aliphatic heterocycles. The van der Waals surface area contributed by atoms with E-state index in [9.17, 15) is 13.5 Å². The van der Waals surface area contributed by atoms with E-state index in [0.717, 1.165) is 32.1 Å². The van der Waals surface area contributed by atoms with Crippen molar-refractivity contribution in [2.45, 2.75) is 51.0 Å². The Morgan fingerprint density at radius 3 is 2.17 bits per heavy atom. The van der Waals surface area contributed by atoms with Crippen LogP contribution < -0.4 is 0 Å². The molecule has 6 heteroatoms. The van der Waals surface area contributed by atoms with Gasteiger partial charge in [-0.15, -0.1) is 6.42 Å². The number of allylic oxidation sites excluding steroid dienone is 4. The minimum absolute atomic E-state index is 0.588. The SMILES string of the molecule is C#C/C=C\CCCC/C=C\C#CC#CCCCC#CC#C[C@@H](O)COS(=O)(=O)O. The predicted molar refractivity (Wildman–Crippen MR) is 114 cm³/mol. The average Bonchev–Trinajstić information content (AvgIpc) is 2.67. The molecule has 0 saturated carbocycles. The van der Waals surface area contributed by atoms with Crippen LogP contribution in [0.5, 0.6) is 0 Å². The normalized spacial score (nSPS) is 11.1. The summed E-state index contributed by atoms with van der Waals surface area (Å²) in [7, 11) is -4.58. The summed E-state index contributed by atoms with van der Waals surface area (Å²) in [5, 5.41) is 9.27. The molecular weight excluding hydrogens is 388 g/mol. The largest absolute Gasteiger partial charge is 0.397 e. The van der Waals surface area contributed by atoms with Crippen LogP contribution in [0.1, 0.15) is 44.9 Å². The van der Waals surface area contributed by atoms with E-state index in [1.54, 1.807) is 6.08 Å². The third-order valence-corrected chi connectivity index (χ3v) is 3.43. The number of hydrogen-bond acceptors (Lipinski definition) is 4. The van der Waals surface area contributed by atoms with Crippen LogP contribution in [-0.4, -0.2) is 30.8 Å². The third kappa shape index (κ3) is 23.1. The van der Waals surface area contributed by atoms with Gasteiger partial charge in [0.05, 0.1) is 0 Å². The first-order valence-electron chi connectivity index (χ1n) is 8.98. The molecule has 5 nitrogen and oxygen atoms in total. The van der Waals surface area contributed by atoms with Gasteiger partial charge in [-0.25, -0.2) is 4.18 Å². The molecule has 29 heavy (non-hydrogen) atoms. The standard InChI is InChI=1S/C23H24O5S/c1-2-3-4-5-6-7-8-9-10-11-12-13-14-15-16-17-18-19-20-21-23(24)22-28-29(25,26)27/h1,3-4,9-10,23-24H,5-8,15-17,22H2,(H,25,26,27)/b4-3-,10-9-/t23-/m1/s1. The maximum atomic E-state index is 10.3. The molecule has 0 fully saturated rings. The second-order valence-electron chi connectivity index (χ2n) is 5.48. The summed E-state index contributed by atoms with van der Waals surface area (Å²) in [6, 6.07) is 0. The smallest absolute Gasteiger partial charge is 0.378 e. The number of aliphatic hydroxyl groups excluding tert-OH is 1. The molecule has 0 aliphatic carbocycles. The van der Waals surface area contributed by atoms with Crippen molar-refractivity contribution in [2.75, 3.05) is 6.61 Å². The lowest BCUT2D eigenvalue weighted by molar-refractivity contribution is 0.144. The molecule has 0 bridgehead atoms. The summed E-state index contributed by atoms with van der Waals surface area (Å²) >= 11 is 0. The van der Waals surface area contributed by atoms with Crippen LogP contribution in [0.15, 0.2) is 24.3 Å². The quantitative estimate of drug-likeness (QED) is 0.327. The van der Waals surface area contributed by atoms with Gasteiger partial charge in [-0.2, -0.15) is 8.42 Å². The van der Waals surface area contributed by atoms with Gasteiger partial charge in [-0.1, -0.05) is 41.8 Å². The van der Waals surface area contributed by atoms with Gasteiger partial charge in [0.15, 0.2) is 0 Å². The summed E-state index contributed by atoms with van der Waals surface area (Å²) in [5.41, 5.74) is 0. The highest BCUT2D eigenvalue weighted by molar-refractivity contribution is 7.80. The van der Waals surface area contributed by atoms with Crippen LogP contribution in [-0.2, 0) is 14.6 Å². The maximum Gasteiger partial charge on any atom is 0.397 e. The van der Waals surface area contributed by atoms with Crippen LogP contribution >= 0.6 is 0 Å². The minimum atomic E-state index is -4.58. The highest BCUT2D eigenvalue weighted by atomic mass is 32.3. The van der Waals surface area contributed by atoms with Gasteiger partial charge in [0.2, 0.25) is 0 Å². The Balaban J connectivity index is 3.82. The van der Waals surface area contributed by atoms with E-state index in [1.807, 2.05) is 18.2 Å². The molecule has 2 N–H and O–H groups in total. The van der Waals surface area contributed by atoms with Crippen molar-refractivity contribution in [3.63, 3.8) is 0 Å². The summed E-state index contributed by atoms with van der Waals surface area (Å²) in [4.78, 5) is 0. The predicted octanol–water partition coefficient (Wildman–Crippen LogP) is 2.66. The van der Waals surface area contributed by atoms with Crippen molar-refractivity contribution >= 4 is 10.4 Å². The number of aliphatic hydroxyl groups is 1. The first-order valence-corrected chi connectivity index (χ1v) is 10.3. The minimum Gasteiger partial charge on any atom is -0.378 e. The fourth-order valence-corrected chi connectivity index (χ4v) is 1.99. The van der Waals surface area contributed by atoms with Crippen LogP contribution in [0, 0.1) is 59.7 Å². The Labute approximate surface area is 174 Å². The lowest BCUT2D eigenvalue weighted by Crippen LogP contribution is -2.16. The second kappa shape index (κ2) is 18.5. The average molecular weight is 413 g/mol. The zero-order valence-corrected chi connectivity index (χ0v) is 17.0. The van der Waals surface area contributed by atoms with Gasteiger partial charge in [0, 0.05) is 12.8 Å². The molecule has 0 aromatic rings. The Morgan fingerprint density at radius 1 is 0.931 bits per heavy atom. The zero-order chi connectivity index (χ0) is 21.6. The van der Waals surface area contributed by atoms with E-state index in [4.69, 9.17) is 11.0 Å². The molecule has 0 rings (SSSR count). The van der Waals surface area contributed by atoms with Crippen molar-refractivity contribution in [1.82, 2.24) is 0 Å². The summed E-state index contributed by atoms with van der Waals surface area (Å²) in [6.45, 7) is -0.649. The Morgan fingerprint density at radius 2 is 1.55 bits per heavy atom. The van der Waals surface area contributed by atoms with Gasteiger partial charge >= 0.3 is 10.4 Å². The van der Waals surface area contributed by atoms with Crippen molar-refractivity contribution in [2.24, 2.45) is 0 Å². The van der Waals surface area contributed by atoms with Crippen molar-refractivity contribution in [1.29, 1.82) is 0 Å². The van der Waals surface area contributed by atoms with Crippen molar-refractivity contribution < 1.29 is 22.3 Å². The van der Waals surface area contributed by atoms with Crippen LogP contribution in [0.25, 0.3) is 0 Å². The number of unbranched alkanes of at least 4 members (excludes halogenated alkanes) is 5. The van der Waals surface area contributed by atoms with Crippen LogP contribution in [0.3, 0.4) is 0 Å². The zero-order valence-electron chi connectivity index (χ0n) is 16.1. The molecule has 0 aromatic heterocycles. The van der Waals surface area contributed by atoms with Crippen LogP contribution in [0.4, 0.5) is 0 Å². The Hall–Kier alpha value is -2.89. The lowest BCUT2D eigenvalue weighted by atomic mass is 10.2. The van der Waals surface area contributed by atoms with Crippen molar-refractivity contribution in [3.05, 3.63) is 24.3 Å². The Bertz CT molecular complexity index is 921. The van der Waals surface area contributed by atoms with E-state index >= 15 is 0 Å². The third-order valence-electron chi connectivity index (χ3n) is 3.00. The van der Waals surface area contributed by atoms with Gasteiger partial charge < -0.3 is 5.11 Å². The molecule has 0 heterocycles. The van der Waals surface area contributed by atoms with E-state index in [1.165, 1.54) is 0 Å². The highest BCUT2D eigenvalue weighted by Gasteiger charge is 2.07. The van der Waals surface area contributed by atoms with E-state index in [0.29, 0.717) is 12.8 Å². The molecule has 0 spiro atoms. The molecule has 0 amide bonds. The molecule has 152 valence electrons. The molecule has 0 aromatic carbocycles. The summed E-state index contributed by atoms with van der Waals surface area (Å²) in [5.74, 6) is 23.8. The summed E-state index contributed by atoms with van der Waals surface area (Å²) in [6.07, 6.45) is 17.5. The topological polar surface area (TPSA) is 83.8 Å². The number of rotatable bonds is 10. The molecule has 1 atom stereocenters. The fraction of sp³-hybridized carbons (Fsp3) is 0.391. The second-order valence-corrected chi connectivity index (χ2v) is 6.57. The van der Waals surface area contributed by atoms with Crippen molar-refractivity contribution in [3.8, 4) is 59.7 Å². The van der Waals surface area contributed by atoms with Crippen LogP contribution in [0.2, 0.25) is 0 Å². The van der Waals surface area contributed by atoms with E-state index in [-0.39, 0.29) is 0 Å². The van der Waals surface area contributed by atoms with Gasteiger partial charge in [0.25, 0.3) is 0 Å². The molecule has 0 unspecified atom stereocenters. The summed E-state index contributed by atoms with van der Waals surface area (Å²) < 4.78 is 32.9. The first-order chi connectivity index (χ1) is 14.0. The maximum absolute atomic E-state index is 10.3. The molecule has 0 radical (unpaired) electrons. The van der Waals surface area contributed by atoms with Gasteiger partial charge in [-0.3, -0.25) is 4.55 Å². The lowest BCUT2D eigenvalue weighted by Gasteiger charge is -2.00. The highest BCUT2D eigenvalue weighted by Crippen LogP contribution is 2.01. The molecular formula is C23H24O5S. The molecule has 0 saturated heterocycles.